The molecule has 1 rings (SSSR count). The Hall–Kier alpha value is -0.730. The summed E-state index contributed by atoms with van der Waals surface area (Å²) in [6.07, 6.45) is 2.11. The lowest BCUT2D eigenvalue weighted by atomic mass is 10.4. The van der Waals surface area contributed by atoms with Gasteiger partial charge in [0.15, 0.2) is 11.0 Å². The maximum atomic E-state index is 5.64. The Kier molecular flexibility index (Phi) is 9.53. The van der Waals surface area contributed by atoms with Gasteiger partial charge in [-0.2, -0.15) is 0 Å². The zero-order chi connectivity index (χ0) is 9.68. The Morgan fingerprint density at radius 1 is 1.40 bits per heavy atom. The molecule has 0 aliphatic carbocycles. The molecular weight excluding hydrogens is 258 g/mol. The van der Waals surface area contributed by atoms with E-state index in [1.54, 1.807) is 0 Å². The highest BCUT2D eigenvalue weighted by Gasteiger charge is 1.98. The van der Waals surface area contributed by atoms with Crippen molar-refractivity contribution in [1.82, 2.24) is 9.97 Å². The lowest BCUT2D eigenvalue weighted by molar-refractivity contribution is 1.03. The van der Waals surface area contributed by atoms with Gasteiger partial charge in [0.05, 0.1) is 6.20 Å². The molecule has 0 atom stereocenters. The van der Waals surface area contributed by atoms with E-state index in [1.807, 2.05) is 0 Å². The number of aromatic nitrogens is 2. The van der Waals surface area contributed by atoms with Crippen LogP contribution in [0.3, 0.4) is 0 Å². The summed E-state index contributed by atoms with van der Waals surface area (Å²) in [5.74, 6) is 5.80. The maximum absolute atomic E-state index is 5.64. The second-order valence-electron chi connectivity index (χ2n) is 2.27. The van der Waals surface area contributed by atoms with E-state index < -0.39 is 0 Å². The maximum Gasteiger partial charge on any atom is 0.172 e. The van der Waals surface area contributed by atoms with Gasteiger partial charge in [0, 0.05) is 13.0 Å². The molecule has 0 saturated heterocycles. The summed E-state index contributed by atoms with van der Waals surface area (Å²) in [5.41, 5.74) is 11.1. The van der Waals surface area contributed by atoms with Gasteiger partial charge < -0.3 is 11.5 Å². The number of nitrogens with zero attached hydrogens (tertiary/aromatic N) is 2. The van der Waals surface area contributed by atoms with Crippen LogP contribution in [0.15, 0.2) is 6.20 Å². The molecule has 0 bridgehead atoms. The van der Waals surface area contributed by atoms with E-state index in [2.05, 4.69) is 21.8 Å². The molecule has 0 radical (unpaired) electrons. The second kappa shape index (κ2) is 8.57. The molecule has 0 aliphatic heterocycles. The first-order chi connectivity index (χ1) is 6.24. The van der Waals surface area contributed by atoms with Crippen LogP contribution in [-0.2, 0) is 0 Å². The zero-order valence-electron chi connectivity index (χ0n) is 7.74. The lowest BCUT2D eigenvalue weighted by Crippen LogP contribution is -1.97. The SMILES string of the molecule is Cl.Cl.NCCC#Cc1cnc(N)c(Cl)n1. The van der Waals surface area contributed by atoms with Crippen molar-refractivity contribution in [1.29, 1.82) is 0 Å². The number of nitrogen functional groups attached to an aromatic ring is 1. The highest BCUT2D eigenvalue weighted by atomic mass is 35.5. The average molecular weight is 270 g/mol. The van der Waals surface area contributed by atoms with Crippen LogP contribution in [0.25, 0.3) is 0 Å². The van der Waals surface area contributed by atoms with Gasteiger partial charge >= 0.3 is 0 Å². The van der Waals surface area contributed by atoms with Crippen LogP contribution in [0, 0.1) is 11.8 Å². The number of halogens is 3. The van der Waals surface area contributed by atoms with Crippen LogP contribution >= 0.6 is 36.4 Å². The molecule has 0 saturated carbocycles. The summed E-state index contributed by atoms with van der Waals surface area (Å²) in [7, 11) is 0. The molecular formula is C8H11Cl3N4. The van der Waals surface area contributed by atoms with Crippen molar-refractivity contribution in [3.05, 3.63) is 17.0 Å². The zero-order valence-corrected chi connectivity index (χ0v) is 10.1. The lowest BCUT2D eigenvalue weighted by Gasteiger charge is -1.94. The van der Waals surface area contributed by atoms with Gasteiger partial charge in [-0.15, -0.1) is 24.8 Å². The highest BCUT2D eigenvalue weighted by molar-refractivity contribution is 6.31. The fraction of sp³-hybridized carbons (Fsp3) is 0.250. The summed E-state index contributed by atoms with van der Waals surface area (Å²) in [6.45, 7) is 0.531. The third-order valence-electron chi connectivity index (χ3n) is 1.24. The predicted molar refractivity (Wildman–Crippen MR) is 66.5 cm³/mol. The van der Waals surface area contributed by atoms with Crippen LogP contribution in [0.1, 0.15) is 12.1 Å². The van der Waals surface area contributed by atoms with Gasteiger partial charge in [-0.05, 0) is 5.92 Å². The largest absolute Gasteiger partial charge is 0.381 e. The second-order valence-corrected chi connectivity index (χ2v) is 2.63. The third-order valence-corrected chi connectivity index (χ3v) is 1.52. The molecule has 0 aromatic carbocycles. The molecule has 4 N–H and O–H groups in total. The molecule has 15 heavy (non-hydrogen) atoms. The van der Waals surface area contributed by atoms with Gasteiger partial charge in [0.2, 0.25) is 0 Å². The molecule has 84 valence electrons. The molecule has 7 heteroatoms. The van der Waals surface area contributed by atoms with Gasteiger partial charge in [-0.3, -0.25) is 0 Å². The van der Waals surface area contributed by atoms with E-state index in [4.69, 9.17) is 23.1 Å². The van der Waals surface area contributed by atoms with Gasteiger partial charge in [-0.1, -0.05) is 17.5 Å². The molecule has 0 fully saturated rings. The summed E-state index contributed by atoms with van der Waals surface area (Å²) >= 11 is 5.64. The van der Waals surface area contributed by atoms with Crippen molar-refractivity contribution in [2.24, 2.45) is 5.73 Å². The minimum atomic E-state index is 0. The van der Waals surface area contributed by atoms with Crippen LogP contribution in [-0.4, -0.2) is 16.5 Å². The predicted octanol–water partition coefficient (Wildman–Crippen LogP) is 1.26. The van der Waals surface area contributed by atoms with Crippen molar-refractivity contribution in [3.63, 3.8) is 0 Å². The van der Waals surface area contributed by atoms with Crippen LogP contribution in [0.2, 0.25) is 5.15 Å². The quantitative estimate of drug-likeness (QED) is 0.752. The first-order valence-corrected chi connectivity index (χ1v) is 4.09. The number of rotatable bonds is 1. The minimum Gasteiger partial charge on any atom is -0.381 e. The molecule has 1 aromatic rings. The number of hydrogen-bond acceptors (Lipinski definition) is 4. The van der Waals surface area contributed by atoms with E-state index in [1.165, 1.54) is 6.20 Å². The van der Waals surface area contributed by atoms with E-state index in [9.17, 15) is 0 Å². The molecule has 1 heterocycles. The fourth-order valence-corrected chi connectivity index (χ4v) is 0.801. The van der Waals surface area contributed by atoms with Crippen molar-refractivity contribution >= 4 is 42.2 Å². The molecule has 1 aromatic heterocycles. The molecule has 0 aliphatic rings. The highest BCUT2D eigenvalue weighted by Crippen LogP contribution is 2.11. The standard InChI is InChI=1S/C8H9ClN4.2ClH/c9-7-8(11)12-5-6(13-7)3-1-2-4-10;;/h5H,2,4,10H2,(H2,11,12);2*1H. The monoisotopic (exact) mass is 268 g/mol. The number of anilines is 1. The van der Waals surface area contributed by atoms with E-state index in [0.717, 1.165) is 0 Å². The molecule has 0 spiro atoms. The van der Waals surface area contributed by atoms with Crippen LogP contribution < -0.4 is 11.5 Å². The van der Waals surface area contributed by atoms with Crippen LogP contribution in [0.5, 0.6) is 0 Å². The van der Waals surface area contributed by atoms with Crippen molar-refractivity contribution in [2.45, 2.75) is 6.42 Å². The van der Waals surface area contributed by atoms with Gasteiger partial charge in [0.25, 0.3) is 0 Å². The average Bonchev–Trinajstić information content (AvgIpc) is 2.12. The summed E-state index contributed by atoms with van der Waals surface area (Å²) in [5, 5.41) is 0.180. The Bertz CT molecular complexity index is 359. The fourth-order valence-electron chi connectivity index (χ4n) is 0.661. The Morgan fingerprint density at radius 3 is 2.60 bits per heavy atom. The minimum absolute atomic E-state index is 0. The van der Waals surface area contributed by atoms with E-state index in [-0.39, 0.29) is 35.8 Å². The first-order valence-electron chi connectivity index (χ1n) is 3.71. The van der Waals surface area contributed by atoms with Crippen LogP contribution in [0.4, 0.5) is 5.82 Å². The van der Waals surface area contributed by atoms with Crippen molar-refractivity contribution < 1.29 is 0 Å². The van der Waals surface area contributed by atoms with Crippen molar-refractivity contribution in [3.8, 4) is 11.8 Å². The van der Waals surface area contributed by atoms with E-state index in [0.29, 0.717) is 18.7 Å². The van der Waals surface area contributed by atoms with E-state index >= 15 is 0 Å². The molecule has 4 nitrogen and oxygen atoms in total. The summed E-state index contributed by atoms with van der Waals surface area (Å²) < 4.78 is 0. The summed E-state index contributed by atoms with van der Waals surface area (Å²) in [6, 6.07) is 0. The topological polar surface area (TPSA) is 77.8 Å². The number of nitrogens with two attached hydrogens (primary N) is 2. The Labute approximate surface area is 106 Å². The smallest absolute Gasteiger partial charge is 0.172 e. The van der Waals surface area contributed by atoms with Gasteiger partial charge in [-0.25, -0.2) is 9.97 Å². The Balaban J connectivity index is 0. The summed E-state index contributed by atoms with van der Waals surface area (Å²) in [4.78, 5) is 7.72. The van der Waals surface area contributed by atoms with Crippen molar-refractivity contribution in [2.75, 3.05) is 12.3 Å². The first kappa shape index (κ1) is 16.7. The molecule has 0 amide bonds. The number of hydrogen-bond donors (Lipinski definition) is 2. The molecule has 0 unspecified atom stereocenters. The normalized spacial score (nSPS) is 7.87. The Morgan fingerprint density at radius 2 is 2.07 bits per heavy atom. The third kappa shape index (κ3) is 5.65. The van der Waals surface area contributed by atoms with Gasteiger partial charge in [0.1, 0.15) is 5.69 Å².